The standard InChI is InChI=1S/C24H30N2O7/c1-21(2,3)33-20(29)25-23-10-9-22-12-16(27)26(4)24(22,23)11-15(32-19(23)28)13-7-8-14(30-5)18(31-6)17(13)22/h7-8,15H,9-12H2,1-6H3,(H,25,29)/t15-,22+,23-,24-/m1/s1. The van der Waals surface area contributed by atoms with Gasteiger partial charge in [-0.05, 0) is 39.7 Å². The van der Waals surface area contributed by atoms with Gasteiger partial charge in [-0.25, -0.2) is 9.59 Å². The molecule has 0 unspecified atom stereocenters. The molecule has 33 heavy (non-hydrogen) atoms. The average molecular weight is 459 g/mol. The van der Waals surface area contributed by atoms with Gasteiger partial charge in [-0.15, -0.1) is 0 Å². The molecule has 2 bridgehead atoms. The first-order valence-electron chi connectivity index (χ1n) is 11.2. The lowest BCUT2D eigenvalue weighted by atomic mass is 9.54. The summed E-state index contributed by atoms with van der Waals surface area (Å²) in [6.45, 7) is 5.28. The third-order valence-electron chi connectivity index (χ3n) is 8.02. The maximum atomic E-state index is 13.7. The number of methoxy groups -OCH3 is 2. The van der Waals surface area contributed by atoms with Gasteiger partial charge in [0.05, 0.1) is 19.8 Å². The molecule has 1 saturated carbocycles. The van der Waals surface area contributed by atoms with Gasteiger partial charge < -0.3 is 29.2 Å². The fourth-order valence-corrected chi connectivity index (χ4v) is 6.96. The van der Waals surface area contributed by atoms with Crippen LogP contribution in [0.1, 0.15) is 63.7 Å². The van der Waals surface area contributed by atoms with Crippen molar-refractivity contribution < 1.29 is 33.3 Å². The lowest BCUT2D eigenvalue weighted by Gasteiger charge is -2.59. The molecule has 2 amide bonds. The predicted molar refractivity (Wildman–Crippen MR) is 116 cm³/mol. The molecule has 3 fully saturated rings. The van der Waals surface area contributed by atoms with Crippen LogP contribution < -0.4 is 14.8 Å². The van der Waals surface area contributed by atoms with Gasteiger partial charge in [0.25, 0.3) is 0 Å². The zero-order valence-corrected chi connectivity index (χ0v) is 19.9. The maximum Gasteiger partial charge on any atom is 0.408 e. The normalized spacial score (nSPS) is 33.8. The van der Waals surface area contributed by atoms with E-state index in [0.29, 0.717) is 30.8 Å². The van der Waals surface area contributed by atoms with E-state index in [1.807, 2.05) is 6.07 Å². The molecule has 178 valence electrons. The number of hydrogen-bond acceptors (Lipinski definition) is 7. The molecule has 2 aliphatic heterocycles. The van der Waals surface area contributed by atoms with Crippen LogP contribution in [0.15, 0.2) is 12.1 Å². The van der Waals surface area contributed by atoms with Crippen LogP contribution in [0.3, 0.4) is 0 Å². The van der Waals surface area contributed by atoms with E-state index in [9.17, 15) is 14.4 Å². The number of carbonyl (C=O) groups is 3. The Hall–Kier alpha value is -2.97. The summed E-state index contributed by atoms with van der Waals surface area (Å²) in [4.78, 5) is 41.6. The first-order valence-corrected chi connectivity index (χ1v) is 11.2. The number of amides is 2. The van der Waals surface area contributed by atoms with Crippen molar-refractivity contribution >= 4 is 18.0 Å². The van der Waals surface area contributed by atoms with Gasteiger partial charge in [0.15, 0.2) is 17.0 Å². The third-order valence-corrected chi connectivity index (χ3v) is 8.02. The van der Waals surface area contributed by atoms with E-state index < -0.39 is 40.3 Å². The van der Waals surface area contributed by atoms with E-state index >= 15 is 0 Å². The highest BCUT2D eigenvalue weighted by atomic mass is 16.6. The number of ether oxygens (including phenoxy) is 4. The van der Waals surface area contributed by atoms with Gasteiger partial charge in [-0.3, -0.25) is 4.79 Å². The van der Waals surface area contributed by atoms with E-state index in [1.54, 1.807) is 53.0 Å². The highest BCUT2D eigenvalue weighted by Crippen LogP contribution is 2.72. The molecule has 2 saturated heterocycles. The van der Waals surface area contributed by atoms with Crippen molar-refractivity contribution in [2.24, 2.45) is 0 Å². The smallest absolute Gasteiger partial charge is 0.408 e. The lowest BCUT2D eigenvalue weighted by molar-refractivity contribution is -0.184. The second kappa shape index (κ2) is 6.55. The minimum atomic E-state index is -1.43. The first-order chi connectivity index (χ1) is 15.5. The van der Waals surface area contributed by atoms with Gasteiger partial charge in [0.1, 0.15) is 11.7 Å². The van der Waals surface area contributed by atoms with Gasteiger partial charge in [-0.2, -0.15) is 0 Å². The van der Waals surface area contributed by atoms with Crippen molar-refractivity contribution in [3.8, 4) is 11.5 Å². The number of likely N-dealkylation sites (N-methyl/N-ethyl adjacent to an activating group) is 1. The topological polar surface area (TPSA) is 103 Å². The number of benzene rings is 1. The summed E-state index contributed by atoms with van der Waals surface area (Å²) in [5, 5.41) is 2.89. The molecular weight excluding hydrogens is 428 g/mol. The summed E-state index contributed by atoms with van der Waals surface area (Å²) >= 11 is 0. The molecule has 0 radical (unpaired) electrons. The Labute approximate surface area is 192 Å². The molecule has 1 spiro atoms. The highest BCUT2D eigenvalue weighted by molar-refractivity contribution is 5.96. The Bertz CT molecular complexity index is 1080. The number of fused-ring (bicyclic) bond motifs is 3. The van der Waals surface area contributed by atoms with Gasteiger partial charge in [0.2, 0.25) is 5.91 Å². The molecule has 5 rings (SSSR count). The molecule has 9 heteroatoms. The average Bonchev–Trinajstić information content (AvgIpc) is 3.15. The van der Waals surface area contributed by atoms with Crippen LogP contribution in [-0.2, 0) is 24.5 Å². The zero-order chi connectivity index (χ0) is 24.0. The van der Waals surface area contributed by atoms with Crippen molar-refractivity contribution in [3.63, 3.8) is 0 Å². The molecule has 4 atom stereocenters. The summed E-state index contributed by atoms with van der Waals surface area (Å²) in [6, 6.07) is 3.69. The van der Waals surface area contributed by atoms with Gasteiger partial charge >= 0.3 is 12.1 Å². The van der Waals surface area contributed by atoms with Gasteiger partial charge in [0, 0.05) is 36.4 Å². The summed E-state index contributed by atoms with van der Waals surface area (Å²) in [5.41, 5.74) is -2.29. The third kappa shape index (κ3) is 2.45. The van der Waals surface area contributed by atoms with Crippen molar-refractivity contribution in [1.29, 1.82) is 0 Å². The molecule has 4 aliphatic rings. The maximum absolute atomic E-state index is 13.7. The van der Waals surface area contributed by atoms with E-state index in [1.165, 1.54) is 0 Å². The summed E-state index contributed by atoms with van der Waals surface area (Å²) in [6.07, 6.45) is 0.128. The molecule has 2 aliphatic carbocycles. The van der Waals surface area contributed by atoms with Crippen molar-refractivity contribution in [2.45, 2.75) is 74.7 Å². The van der Waals surface area contributed by atoms with Crippen molar-refractivity contribution in [3.05, 3.63) is 23.3 Å². The molecular formula is C24H30N2O7. The van der Waals surface area contributed by atoms with Crippen LogP contribution in [0.2, 0.25) is 0 Å². The van der Waals surface area contributed by atoms with Crippen LogP contribution >= 0.6 is 0 Å². The fraction of sp³-hybridized carbons (Fsp3) is 0.625. The summed E-state index contributed by atoms with van der Waals surface area (Å²) in [7, 11) is 4.85. The molecule has 9 nitrogen and oxygen atoms in total. The Morgan fingerprint density at radius 3 is 2.55 bits per heavy atom. The number of alkyl carbamates (subject to hydrolysis) is 1. The second-order valence-corrected chi connectivity index (χ2v) is 10.5. The highest BCUT2D eigenvalue weighted by Gasteiger charge is 2.82. The van der Waals surface area contributed by atoms with E-state index in [2.05, 4.69) is 5.32 Å². The zero-order valence-electron chi connectivity index (χ0n) is 19.9. The van der Waals surface area contributed by atoms with Crippen LogP contribution in [-0.4, -0.2) is 60.8 Å². The number of likely N-dealkylation sites (tertiary alicyclic amines) is 1. The number of hydrogen-bond donors (Lipinski definition) is 1. The first kappa shape index (κ1) is 21.9. The van der Waals surface area contributed by atoms with Crippen LogP contribution in [0.5, 0.6) is 11.5 Å². The molecule has 2 heterocycles. The lowest BCUT2D eigenvalue weighted by Crippen LogP contribution is -2.78. The number of nitrogens with zero attached hydrogens (tertiary/aromatic N) is 1. The Morgan fingerprint density at radius 1 is 1.18 bits per heavy atom. The number of rotatable bonds is 3. The molecule has 1 aromatic rings. The van der Waals surface area contributed by atoms with Crippen LogP contribution in [0.4, 0.5) is 4.79 Å². The van der Waals surface area contributed by atoms with Crippen molar-refractivity contribution in [2.75, 3.05) is 21.3 Å². The second-order valence-electron chi connectivity index (χ2n) is 10.5. The van der Waals surface area contributed by atoms with Crippen LogP contribution in [0.25, 0.3) is 0 Å². The van der Waals surface area contributed by atoms with E-state index in [-0.39, 0.29) is 12.3 Å². The monoisotopic (exact) mass is 458 g/mol. The van der Waals surface area contributed by atoms with Crippen LogP contribution in [0, 0.1) is 0 Å². The molecule has 0 aromatic heterocycles. The minimum Gasteiger partial charge on any atom is -0.493 e. The summed E-state index contributed by atoms with van der Waals surface area (Å²) < 4.78 is 22.9. The Balaban J connectivity index is 1.76. The fourth-order valence-electron chi connectivity index (χ4n) is 6.96. The Kier molecular flexibility index (Phi) is 4.33. The van der Waals surface area contributed by atoms with E-state index in [0.717, 1.165) is 11.1 Å². The number of carbonyl (C=O) groups excluding carboxylic acids is 3. The van der Waals surface area contributed by atoms with Gasteiger partial charge in [-0.1, -0.05) is 6.07 Å². The molecule has 1 N–H and O–H groups in total. The quantitative estimate of drug-likeness (QED) is 0.695. The van der Waals surface area contributed by atoms with E-state index in [4.69, 9.17) is 18.9 Å². The summed E-state index contributed by atoms with van der Waals surface area (Å²) in [5.74, 6) is 0.467. The Morgan fingerprint density at radius 2 is 1.91 bits per heavy atom. The molecule has 1 aromatic carbocycles. The minimum absolute atomic E-state index is 0.0868. The number of esters is 1. The largest absolute Gasteiger partial charge is 0.493 e. The predicted octanol–water partition coefficient (Wildman–Crippen LogP) is 2.60. The number of nitrogens with one attached hydrogen (secondary N) is 1. The van der Waals surface area contributed by atoms with Crippen molar-refractivity contribution in [1.82, 2.24) is 10.2 Å². The SMILES string of the molecule is COc1ccc2c(c1OC)[C@@]13CC[C@@]4(NC(=O)OC(C)(C)C)C(=O)O[C@@H]2C[C@@]14N(C)C(=O)C3.